The van der Waals surface area contributed by atoms with Crippen LogP contribution >= 0.6 is 0 Å². The third-order valence-electron chi connectivity index (χ3n) is 3.02. The van der Waals surface area contributed by atoms with E-state index >= 15 is 0 Å². The lowest BCUT2D eigenvalue weighted by atomic mass is 9.86. The first-order chi connectivity index (χ1) is 8.62. The van der Waals surface area contributed by atoms with Crippen LogP contribution in [0, 0.1) is 17.0 Å². The molecule has 0 saturated carbocycles. The number of hydrogen-bond donors (Lipinski definition) is 2. The predicted molar refractivity (Wildman–Crippen MR) is 70.3 cm³/mol. The van der Waals surface area contributed by atoms with Crippen LogP contribution in [0.3, 0.4) is 0 Å². The van der Waals surface area contributed by atoms with Gasteiger partial charge in [0.1, 0.15) is 0 Å². The van der Waals surface area contributed by atoms with Crippen LogP contribution in [0.4, 0.5) is 8.78 Å². The number of rotatable bonds is 3. The molecule has 2 atom stereocenters. The van der Waals surface area contributed by atoms with Crippen molar-refractivity contribution in [1.82, 2.24) is 5.32 Å². The van der Waals surface area contributed by atoms with E-state index in [0.29, 0.717) is 5.56 Å². The van der Waals surface area contributed by atoms with Crippen LogP contribution in [0.2, 0.25) is 0 Å². The van der Waals surface area contributed by atoms with E-state index in [2.05, 4.69) is 5.32 Å². The SMILES string of the molecule is CC(NC(=O)[C@H](N)C(C)(C)C)c1ccc(F)c(F)c1. The zero-order valence-electron chi connectivity index (χ0n) is 11.6. The molecule has 106 valence electrons. The Balaban J connectivity index is 2.77. The van der Waals surface area contributed by atoms with Crippen LogP contribution in [0.15, 0.2) is 18.2 Å². The van der Waals surface area contributed by atoms with Crippen molar-refractivity contribution >= 4 is 5.91 Å². The van der Waals surface area contributed by atoms with E-state index in [9.17, 15) is 13.6 Å². The van der Waals surface area contributed by atoms with E-state index in [1.165, 1.54) is 6.07 Å². The summed E-state index contributed by atoms with van der Waals surface area (Å²) in [6.45, 7) is 7.28. The van der Waals surface area contributed by atoms with Gasteiger partial charge < -0.3 is 11.1 Å². The van der Waals surface area contributed by atoms with E-state index in [1.807, 2.05) is 20.8 Å². The lowest BCUT2D eigenvalue weighted by molar-refractivity contribution is -0.125. The molecule has 1 aromatic carbocycles. The number of carbonyl (C=O) groups is 1. The second-order valence-electron chi connectivity index (χ2n) is 5.75. The van der Waals surface area contributed by atoms with Crippen molar-refractivity contribution in [2.75, 3.05) is 0 Å². The van der Waals surface area contributed by atoms with Crippen molar-refractivity contribution in [3.05, 3.63) is 35.4 Å². The fourth-order valence-corrected chi connectivity index (χ4v) is 1.56. The molecule has 0 aliphatic heterocycles. The van der Waals surface area contributed by atoms with Gasteiger partial charge in [-0.25, -0.2) is 8.78 Å². The highest BCUT2D eigenvalue weighted by Gasteiger charge is 2.28. The van der Waals surface area contributed by atoms with Crippen LogP contribution < -0.4 is 11.1 Å². The smallest absolute Gasteiger partial charge is 0.237 e. The van der Waals surface area contributed by atoms with Gasteiger partial charge in [-0.05, 0) is 30.0 Å². The molecule has 1 rings (SSSR count). The molecule has 1 amide bonds. The van der Waals surface area contributed by atoms with Crippen molar-refractivity contribution in [1.29, 1.82) is 0 Å². The Morgan fingerprint density at radius 1 is 1.26 bits per heavy atom. The van der Waals surface area contributed by atoms with E-state index in [-0.39, 0.29) is 11.3 Å². The highest BCUT2D eigenvalue weighted by atomic mass is 19.2. The zero-order valence-corrected chi connectivity index (χ0v) is 11.6. The van der Waals surface area contributed by atoms with Gasteiger partial charge in [0.15, 0.2) is 11.6 Å². The summed E-state index contributed by atoms with van der Waals surface area (Å²) in [5.74, 6) is -2.16. The van der Waals surface area contributed by atoms with Crippen LogP contribution in [-0.4, -0.2) is 11.9 Å². The maximum atomic E-state index is 13.1. The molecule has 0 heterocycles. The Morgan fingerprint density at radius 2 is 1.84 bits per heavy atom. The summed E-state index contributed by atoms with van der Waals surface area (Å²) in [6.07, 6.45) is 0. The normalized spacial score (nSPS) is 14.9. The molecule has 3 nitrogen and oxygen atoms in total. The minimum absolute atomic E-state index is 0.315. The fraction of sp³-hybridized carbons (Fsp3) is 0.500. The molecule has 0 spiro atoms. The molecule has 1 unspecified atom stereocenters. The lowest BCUT2D eigenvalue weighted by Crippen LogP contribution is -2.49. The summed E-state index contributed by atoms with van der Waals surface area (Å²) in [5, 5.41) is 2.70. The van der Waals surface area contributed by atoms with Gasteiger partial charge in [0.25, 0.3) is 0 Å². The molecular weight excluding hydrogens is 250 g/mol. The van der Waals surface area contributed by atoms with Gasteiger partial charge in [0.2, 0.25) is 5.91 Å². The maximum absolute atomic E-state index is 13.1. The van der Waals surface area contributed by atoms with Crippen molar-refractivity contribution in [3.8, 4) is 0 Å². The molecule has 0 fully saturated rings. The van der Waals surface area contributed by atoms with Crippen LogP contribution in [0.5, 0.6) is 0 Å². The Bertz CT molecular complexity index is 469. The average Bonchev–Trinajstić information content (AvgIpc) is 2.30. The average molecular weight is 270 g/mol. The van der Waals surface area contributed by atoms with Crippen LogP contribution in [-0.2, 0) is 4.79 Å². The summed E-state index contributed by atoms with van der Waals surface area (Å²) in [5.41, 5.74) is 5.96. The number of hydrogen-bond acceptors (Lipinski definition) is 2. The Morgan fingerprint density at radius 3 is 2.32 bits per heavy atom. The van der Waals surface area contributed by atoms with E-state index in [1.54, 1.807) is 6.92 Å². The number of carbonyl (C=O) groups excluding carboxylic acids is 1. The highest BCUT2D eigenvalue weighted by Crippen LogP contribution is 2.20. The van der Waals surface area contributed by atoms with E-state index < -0.39 is 23.7 Å². The number of halogens is 2. The lowest BCUT2D eigenvalue weighted by Gasteiger charge is -2.27. The summed E-state index contributed by atoms with van der Waals surface area (Å²) in [6, 6.07) is 2.45. The molecule has 3 N–H and O–H groups in total. The van der Waals surface area contributed by atoms with Gasteiger partial charge in [-0.1, -0.05) is 26.8 Å². The van der Waals surface area contributed by atoms with Crippen molar-refractivity contribution in [2.45, 2.75) is 39.8 Å². The van der Waals surface area contributed by atoms with Gasteiger partial charge in [-0.2, -0.15) is 0 Å². The molecular formula is C14H20F2N2O. The highest BCUT2D eigenvalue weighted by molar-refractivity contribution is 5.82. The molecule has 0 aromatic heterocycles. The molecule has 1 aromatic rings. The van der Waals surface area contributed by atoms with Gasteiger partial charge in [0, 0.05) is 0 Å². The minimum atomic E-state index is -0.932. The molecule has 5 heteroatoms. The topological polar surface area (TPSA) is 55.1 Å². The number of benzene rings is 1. The molecule has 0 radical (unpaired) electrons. The number of nitrogens with two attached hydrogens (primary N) is 1. The third-order valence-corrected chi connectivity index (χ3v) is 3.02. The zero-order chi connectivity index (χ0) is 14.8. The van der Waals surface area contributed by atoms with Crippen molar-refractivity contribution < 1.29 is 13.6 Å². The van der Waals surface area contributed by atoms with Crippen LogP contribution in [0.25, 0.3) is 0 Å². The van der Waals surface area contributed by atoms with Crippen molar-refractivity contribution in [3.63, 3.8) is 0 Å². The summed E-state index contributed by atoms with van der Waals surface area (Å²) in [7, 11) is 0. The molecule has 0 saturated heterocycles. The van der Waals surface area contributed by atoms with Gasteiger partial charge >= 0.3 is 0 Å². The minimum Gasteiger partial charge on any atom is -0.348 e. The summed E-state index contributed by atoms with van der Waals surface area (Å²) < 4.78 is 25.9. The number of amides is 1. The Kier molecular flexibility index (Phi) is 4.63. The monoisotopic (exact) mass is 270 g/mol. The molecule has 0 aliphatic rings. The summed E-state index contributed by atoms with van der Waals surface area (Å²) in [4.78, 5) is 11.9. The predicted octanol–water partition coefficient (Wildman–Crippen LogP) is 2.52. The van der Waals surface area contributed by atoms with E-state index in [0.717, 1.165) is 12.1 Å². The van der Waals surface area contributed by atoms with Crippen LogP contribution in [0.1, 0.15) is 39.3 Å². The Labute approximate surface area is 112 Å². The fourth-order valence-electron chi connectivity index (χ4n) is 1.56. The maximum Gasteiger partial charge on any atom is 0.237 e. The molecule has 0 aliphatic carbocycles. The first kappa shape index (κ1) is 15.6. The Hall–Kier alpha value is -1.49. The second kappa shape index (κ2) is 5.65. The second-order valence-corrected chi connectivity index (χ2v) is 5.75. The molecule has 0 bridgehead atoms. The number of nitrogens with one attached hydrogen (secondary N) is 1. The molecule has 19 heavy (non-hydrogen) atoms. The van der Waals surface area contributed by atoms with Gasteiger partial charge in [-0.3, -0.25) is 4.79 Å². The third kappa shape index (κ3) is 3.99. The summed E-state index contributed by atoms with van der Waals surface area (Å²) >= 11 is 0. The standard InChI is InChI=1S/C14H20F2N2O/c1-8(9-5-6-10(15)11(16)7-9)18-13(19)12(17)14(2,3)4/h5-8,12H,17H2,1-4H3,(H,18,19)/t8?,12-/m0/s1. The van der Waals surface area contributed by atoms with E-state index in [4.69, 9.17) is 5.73 Å². The largest absolute Gasteiger partial charge is 0.348 e. The quantitative estimate of drug-likeness (QED) is 0.886. The van der Waals surface area contributed by atoms with Crippen molar-refractivity contribution in [2.24, 2.45) is 11.1 Å². The first-order valence-corrected chi connectivity index (χ1v) is 6.14. The van der Waals surface area contributed by atoms with Gasteiger partial charge in [0.05, 0.1) is 12.1 Å². The van der Waals surface area contributed by atoms with Gasteiger partial charge in [-0.15, -0.1) is 0 Å². The first-order valence-electron chi connectivity index (χ1n) is 6.14.